The predicted octanol–water partition coefficient (Wildman–Crippen LogP) is 6.73. The highest BCUT2D eigenvalue weighted by Crippen LogP contribution is 2.62. The average molecular weight is 552 g/mol. The smallest absolute Gasteiger partial charge is 0.242 e. The summed E-state index contributed by atoms with van der Waals surface area (Å²) in [5, 5.41) is 10.1. The van der Waals surface area contributed by atoms with E-state index >= 15 is 4.39 Å². The Morgan fingerprint density at radius 1 is 1.03 bits per heavy atom. The van der Waals surface area contributed by atoms with Gasteiger partial charge in [0.25, 0.3) is 0 Å². The van der Waals surface area contributed by atoms with Gasteiger partial charge in [-0.05, 0) is 61.2 Å². The lowest BCUT2D eigenvalue weighted by molar-refractivity contribution is -0.124. The van der Waals surface area contributed by atoms with E-state index in [0.29, 0.717) is 29.2 Å². The van der Waals surface area contributed by atoms with E-state index in [9.17, 15) is 9.59 Å². The number of carbonyl (C=O) groups excluding carboxylic acids is 2. The lowest BCUT2D eigenvalue weighted by atomic mass is 9.55. The second-order valence-corrected chi connectivity index (χ2v) is 11.5. The average Bonchev–Trinajstić information content (AvgIpc) is 3.35. The predicted molar refractivity (Wildman–Crippen MR) is 148 cm³/mol. The maximum atomic E-state index is 15.9. The van der Waals surface area contributed by atoms with Crippen molar-refractivity contribution < 1.29 is 14.0 Å². The maximum Gasteiger partial charge on any atom is 0.242 e. The summed E-state index contributed by atoms with van der Waals surface area (Å²) in [4.78, 5) is 28.3. The normalized spacial score (nSPS) is 25.4. The Morgan fingerprint density at radius 2 is 1.76 bits per heavy atom. The largest absolute Gasteiger partial charge is 0.325 e. The van der Waals surface area contributed by atoms with Crippen molar-refractivity contribution in [1.29, 1.82) is 0 Å². The molecule has 1 aliphatic carbocycles. The zero-order valence-corrected chi connectivity index (χ0v) is 22.4. The molecule has 0 unspecified atom stereocenters. The molecule has 3 aliphatic rings. The number of carbonyl (C=O) groups is 2. The first-order valence-corrected chi connectivity index (χ1v) is 13.7. The lowest BCUT2D eigenvalue weighted by Gasteiger charge is -2.47. The molecule has 0 radical (unpaired) electrons. The Kier molecular flexibility index (Phi) is 6.25. The van der Waals surface area contributed by atoms with Gasteiger partial charge in [-0.15, -0.1) is 0 Å². The van der Waals surface area contributed by atoms with E-state index in [1.54, 1.807) is 24.3 Å². The third-order valence-corrected chi connectivity index (χ3v) is 9.15. The monoisotopic (exact) mass is 551 g/mol. The Labute approximate surface area is 231 Å². The molecule has 5 nitrogen and oxygen atoms in total. The number of halogens is 3. The molecule has 3 aromatic carbocycles. The van der Waals surface area contributed by atoms with Crippen LogP contribution in [0, 0.1) is 12.7 Å². The molecule has 3 aromatic rings. The molecule has 2 fully saturated rings. The van der Waals surface area contributed by atoms with Crippen molar-refractivity contribution in [2.75, 3.05) is 10.6 Å². The van der Waals surface area contributed by atoms with Gasteiger partial charge in [-0.25, -0.2) is 4.39 Å². The Bertz CT molecular complexity index is 1440. The summed E-state index contributed by atoms with van der Waals surface area (Å²) >= 11 is 12.6. The number of rotatable bonds is 3. The number of hydrogen-bond acceptors (Lipinski definition) is 3. The highest BCUT2D eigenvalue weighted by molar-refractivity contribution is 6.31. The van der Waals surface area contributed by atoms with Crippen LogP contribution in [0.25, 0.3) is 0 Å². The summed E-state index contributed by atoms with van der Waals surface area (Å²) in [5.74, 6) is -2.04. The van der Waals surface area contributed by atoms with Gasteiger partial charge in [-0.1, -0.05) is 78.4 Å². The van der Waals surface area contributed by atoms with Crippen LogP contribution in [-0.4, -0.2) is 23.4 Å². The molecule has 2 spiro atoms. The van der Waals surface area contributed by atoms with E-state index in [4.69, 9.17) is 23.2 Å². The molecule has 2 aliphatic heterocycles. The van der Waals surface area contributed by atoms with Gasteiger partial charge in [0.05, 0.1) is 11.1 Å². The molecule has 2 amide bonds. The summed E-state index contributed by atoms with van der Waals surface area (Å²) in [6.07, 6.45) is 4.17. The first-order valence-electron chi connectivity index (χ1n) is 13.0. The molecule has 1 saturated carbocycles. The Balaban J connectivity index is 1.58. The fourth-order valence-electron chi connectivity index (χ4n) is 7.07. The minimum atomic E-state index is -1.24. The third-order valence-electron chi connectivity index (χ3n) is 8.62. The first-order chi connectivity index (χ1) is 18.3. The van der Waals surface area contributed by atoms with Gasteiger partial charge in [-0.3, -0.25) is 14.9 Å². The van der Waals surface area contributed by atoms with Crippen LogP contribution >= 0.6 is 23.2 Å². The minimum Gasteiger partial charge on any atom is -0.325 e. The van der Waals surface area contributed by atoms with Crippen LogP contribution in [0.5, 0.6) is 0 Å². The van der Waals surface area contributed by atoms with E-state index in [1.165, 1.54) is 6.07 Å². The molecule has 0 aromatic heterocycles. The number of amides is 2. The summed E-state index contributed by atoms with van der Waals surface area (Å²) in [6, 6.07) is 16.7. The highest BCUT2D eigenvalue weighted by Gasteiger charge is 2.72. The van der Waals surface area contributed by atoms with E-state index < -0.39 is 28.7 Å². The molecule has 3 atom stereocenters. The number of hydrogen-bond donors (Lipinski definition) is 3. The Morgan fingerprint density at radius 3 is 2.50 bits per heavy atom. The van der Waals surface area contributed by atoms with Crippen LogP contribution in [0.1, 0.15) is 54.7 Å². The van der Waals surface area contributed by atoms with E-state index in [2.05, 4.69) is 16.0 Å². The van der Waals surface area contributed by atoms with Crippen LogP contribution in [-0.2, 0) is 15.0 Å². The summed E-state index contributed by atoms with van der Waals surface area (Å²) in [6.45, 7) is 1.97. The molecule has 1 saturated heterocycles. The van der Waals surface area contributed by atoms with Gasteiger partial charge < -0.3 is 10.6 Å². The van der Waals surface area contributed by atoms with Crippen LogP contribution in [0.3, 0.4) is 0 Å². The van der Waals surface area contributed by atoms with Crippen molar-refractivity contribution >= 4 is 46.4 Å². The number of anilines is 2. The number of aryl methyl sites for hydroxylation is 1. The van der Waals surface area contributed by atoms with E-state index in [0.717, 1.165) is 30.4 Å². The molecule has 8 heteroatoms. The molecule has 38 heavy (non-hydrogen) atoms. The van der Waals surface area contributed by atoms with Crippen LogP contribution in [0.2, 0.25) is 10.0 Å². The van der Waals surface area contributed by atoms with Gasteiger partial charge >= 0.3 is 0 Å². The second-order valence-electron chi connectivity index (χ2n) is 10.7. The van der Waals surface area contributed by atoms with Crippen molar-refractivity contribution in [3.8, 4) is 0 Å². The van der Waals surface area contributed by atoms with E-state index in [1.807, 2.05) is 37.3 Å². The molecular formula is C30H28Cl2FN3O2. The number of fused-ring (bicyclic) bond motifs is 3. The molecule has 2 heterocycles. The molecular weight excluding hydrogens is 524 g/mol. The highest BCUT2D eigenvalue weighted by atomic mass is 35.5. The SMILES string of the molecule is Cc1ccc(NC(=O)[C@@H]2NC3(CCCCC3)[C@@]3(C(=O)Nc4cc(Cl)ccc43)[C@H]2c2cccc(Cl)c2F)cc1. The summed E-state index contributed by atoms with van der Waals surface area (Å²) in [7, 11) is 0. The van der Waals surface area contributed by atoms with Crippen molar-refractivity contribution in [1.82, 2.24) is 5.32 Å². The number of nitrogens with one attached hydrogen (secondary N) is 3. The van der Waals surface area contributed by atoms with Crippen LogP contribution < -0.4 is 16.0 Å². The fourth-order valence-corrected chi connectivity index (χ4v) is 7.43. The van der Waals surface area contributed by atoms with Crippen LogP contribution in [0.4, 0.5) is 15.8 Å². The fraction of sp³-hybridized carbons (Fsp3) is 0.333. The van der Waals surface area contributed by atoms with Crippen molar-refractivity contribution in [3.05, 3.63) is 93.2 Å². The van der Waals surface area contributed by atoms with Gasteiger partial charge in [0.15, 0.2) is 0 Å². The summed E-state index contributed by atoms with van der Waals surface area (Å²) in [5.41, 5.74) is 1.28. The summed E-state index contributed by atoms with van der Waals surface area (Å²) < 4.78 is 15.9. The van der Waals surface area contributed by atoms with Gasteiger partial charge in [-0.2, -0.15) is 0 Å². The quantitative estimate of drug-likeness (QED) is 0.338. The van der Waals surface area contributed by atoms with Crippen LogP contribution in [0.15, 0.2) is 60.7 Å². The minimum absolute atomic E-state index is 0.0466. The number of benzene rings is 3. The van der Waals surface area contributed by atoms with Gasteiger partial charge in [0, 0.05) is 27.9 Å². The molecule has 0 bridgehead atoms. The molecule has 3 N–H and O–H groups in total. The zero-order chi connectivity index (χ0) is 26.7. The van der Waals surface area contributed by atoms with Gasteiger partial charge in [0.2, 0.25) is 11.8 Å². The topological polar surface area (TPSA) is 70.2 Å². The van der Waals surface area contributed by atoms with Crippen molar-refractivity contribution in [3.63, 3.8) is 0 Å². The second kappa shape index (κ2) is 9.37. The molecule has 6 rings (SSSR count). The van der Waals surface area contributed by atoms with Crippen molar-refractivity contribution in [2.45, 2.75) is 61.9 Å². The standard InChI is InChI=1S/C30H28Cl2FN3O2/c1-17-8-11-19(12-9-17)34-27(37)26-24(20-6-5-7-22(32)25(20)33)30(29(36-26)14-3-2-4-15-29)21-13-10-18(31)16-23(21)35-28(30)38/h5-13,16,24,26,36H,2-4,14-15H2,1H3,(H,34,37)(H,35,38)/t24-,26+,30+/m0/s1. The maximum absolute atomic E-state index is 15.9. The first kappa shape index (κ1) is 25.4. The Hall–Kier alpha value is -2.93. The molecule has 196 valence electrons. The lowest BCUT2D eigenvalue weighted by Crippen LogP contribution is -2.60. The third kappa shape index (κ3) is 3.69. The zero-order valence-electron chi connectivity index (χ0n) is 20.9. The van der Waals surface area contributed by atoms with E-state index in [-0.39, 0.29) is 22.4 Å². The van der Waals surface area contributed by atoms with Gasteiger partial charge in [0.1, 0.15) is 11.2 Å². The van der Waals surface area contributed by atoms with Crippen molar-refractivity contribution in [2.24, 2.45) is 0 Å².